The molecule has 1 aliphatic rings. The van der Waals surface area contributed by atoms with Gasteiger partial charge in [0.25, 0.3) is 5.56 Å². The molecule has 0 spiro atoms. The van der Waals surface area contributed by atoms with Crippen LogP contribution in [0.5, 0.6) is 0 Å². The summed E-state index contributed by atoms with van der Waals surface area (Å²) in [5, 5.41) is 5.63. The van der Waals surface area contributed by atoms with Gasteiger partial charge in [0, 0.05) is 28.9 Å². The number of aryl methyl sites for hydroxylation is 1. The third kappa shape index (κ3) is 3.03. The Labute approximate surface area is 130 Å². The average molecular weight is 321 g/mol. The Bertz CT molecular complexity index is 710. The lowest BCUT2D eigenvalue weighted by Gasteiger charge is -2.24. The fraction of sp³-hybridized carbons (Fsp3) is 0.357. The van der Waals surface area contributed by atoms with E-state index in [9.17, 15) is 9.59 Å². The smallest absolute Gasteiger partial charge is 0.257 e. The Hall–Kier alpha value is -1.60. The maximum absolute atomic E-state index is 12.2. The number of carbonyl (C=O) groups is 1. The van der Waals surface area contributed by atoms with Gasteiger partial charge in [-0.05, 0) is 18.4 Å². The molecular formula is C14H15N3O2S2. The van der Waals surface area contributed by atoms with Crippen LogP contribution < -0.4 is 10.9 Å². The summed E-state index contributed by atoms with van der Waals surface area (Å²) in [6, 6.07) is 3.96. The minimum absolute atomic E-state index is 0.00467. The normalized spacial score (nSPS) is 17.3. The zero-order valence-electron chi connectivity index (χ0n) is 11.5. The molecule has 0 aliphatic carbocycles. The topological polar surface area (TPSA) is 64.0 Å². The van der Waals surface area contributed by atoms with Crippen LogP contribution in [0.1, 0.15) is 10.4 Å². The first-order valence-electron chi connectivity index (χ1n) is 6.64. The molecule has 0 fully saturated rings. The van der Waals surface area contributed by atoms with Gasteiger partial charge < -0.3 is 5.32 Å². The Morgan fingerprint density at radius 2 is 2.43 bits per heavy atom. The van der Waals surface area contributed by atoms with Crippen molar-refractivity contribution in [3.8, 4) is 0 Å². The fourth-order valence-electron chi connectivity index (χ4n) is 2.19. The number of rotatable bonds is 3. The zero-order valence-corrected chi connectivity index (χ0v) is 13.2. The number of hydrogen-bond donors (Lipinski definition) is 1. The zero-order chi connectivity index (χ0) is 14.8. The predicted octanol–water partition coefficient (Wildman–Crippen LogP) is 1.65. The molecule has 3 heterocycles. The van der Waals surface area contributed by atoms with E-state index in [1.807, 2.05) is 17.5 Å². The SMILES string of the molecule is Cc1cnc2n(c1=O)C[C@H](C(=O)NCc1cccs1)CS2. The summed E-state index contributed by atoms with van der Waals surface area (Å²) in [6.07, 6.45) is 1.60. The highest BCUT2D eigenvalue weighted by molar-refractivity contribution is 7.99. The third-order valence-corrected chi connectivity index (χ3v) is 5.42. The van der Waals surface area contributed by atoms with Crippen LogP contribution in [0.2, 0.25) is 0 Å². The molecule has 0 unspecified atom stereocenters. The van der Waals surface area contributed by atoms with E-state index in [-0.39, 0.29) is 17.4 Å². The molecule has 2 aromatic heterocycles. The third-order valence-electron chi connectivity index (χ3n) is 3.39. The van der Waals surface area contributed by atoms with E-state index in [0.29, 0.717) is 29.6 Å². The molecule has 1 aliphatic heterocycles. The Morgan fingerprint density at radius 3 is 3.19 bits per heavy atom. The maximum atomic E-state index is 12.2. The highest BCUT2D eigenvalue weighted by Gasteiger charge is 2.26. The summed E-state index contributed by atoms with van der Waals surface area (Å²) in [6.45, 7) is 2.70. The lowest BCUT2D eigenvalue weighted by atomic mass is 10.1. The molecule has 5 nitrogen and oxygen atoms in total. The van der Waals surface area contributed by atoms with Gasteiger partial charge in [0.15, 0.2) is 5.16 Å². The van der Waals surface area contributed by atoms with Gasteiger partial charge in [-0.3, -0.25) is 14.2 Å². The van der Waals surface area contributed by atoms with Gasteiger partial charge in [-0.1, -0.05) is 17.8 Å². The lowest BCUT2D eigenvalue weighted by molar-refractivity contribution is -0.125. The molecular weight excluding hydrogens is 306 g/mol. The molecule has 110 valence electrons. The van der Waals surface area contributed by atoms with Crippen LogP contribution in [0, 0.1) is 12.8 Å². The highest BCUT2D eigenvalue weighted by atomic mass is 32.2. The van der Waals surface area contributed by atoms with Gasteiger partial charge in [0.1, 0.15) is 0 Å². The van der Waals surface area contributed by atoms with E-state index in [1.165, 1.54) is 11.8 Å². The number of fused-ring (bicyclic) bond motifs is 1. The number of carbonyl (C=O) groups excluding carboxylic acids is 1. The van der Waals surface area contributed by atoms with E-state index in [2.05, 4.69) is 10.3 Å². The molecule has 1 amide bonds. The van der Waals surface area contributed by atoms with Crippen LogP contribution >= 0.6 is 23.1 Å². The summed E-state index contributed by atoms with van der Waals surface area (Å²) in [4.78, 5) is 29.7. The molecule has 1 N–H and O–H groups in total. The van der Waals surface area contributed by atoms with Gasteiger partial charge in [0.2, 0.25) is 5.91 Å². The largest absolute Gasteiger partial charge is 0.351 e. The molecule has 1 atom stereocenters. The van der Waals surface area contributed by atoms with Gasteiger partial charge in [-0.2, -0.15) is 0 Å². The van der Waals surface area contributed by atoms with Crippen molar-refractivity contribution in [3.63, 3.8) is 0 Å². The quantitative estimate of drug-likeness (QED) is 0.873. The van der Waals surface area contributed by atoms with Crippen molar-refractivity contribution in [2.45, 2.75) is 25.2 Å². The lowest BCUT2D eigenvalue weighted by Crippen LogP contribution is -2.40. The molecule has 21 heavy (non-hydrogen) atoms. The van der Waals surface area contributed by atoms with Crippen molar-refractivity contribution < 1.29 is 4.79 Å². The second kappa shape index (κ2) is 6.03. The van der Waals surface area contributed by atoms with E-state index in [4.69, 9.17) is 0 Å². The minimum atomic E-state index is -0.191. The minimum Gasteiger partial charge on any atom is -0.351 e. The molecule has 3 rings (SSSR count). The number of thioether (sulfide) groups is 1. The molecule has 2 aromatic rings. The molecule has 0 radical (unpaired) electrons. The Balaban J connectivity index is 1.69. The van der Waals surface area contributed by atoms with Crippen LogP contribution in [0.25, 0.3) is 0 Å². The van der Waals surface area contributed by atoms with Gasteiger partial charge in [-0.15, -0.1) is 11.3 Å². The molecule has 0 aromatic carbocycles. The standard InChI is InChI=1S/C14H15N3O2S2/c1-9-5-16-14-17(13(9)19)7-10(8-21-14)12(18)15-6-11-3-2-4-20-11/h2-5,10H,6-8H2,1H3,(H,15,18)/t10-/m0/s1. The van der Waals surface area contributed by atoms with Crippen molar-refractivity contribution in [3.05, 3.63) is 44.5 Å². The number of aromatic nitrogens is 2. The summed E-state index contributed by atoms with van der Waals surface area (Å²) in [5.74, 6) is 0.463. The molecule has 0 saturated heterocycles. The highest BCUT2D eigenvalue weighted by Crippen LogP contribution is 2.25. The summed E-state index contributed by atoms with van der Waals surface area (Å²) >= 11 is 3.08. The van der Waals surface area contributed by atoms with E-state index < -0.39 is 0 Å². The Kier molecular flexibility index (Phi) is 4.12. The number of thiophene rings is 1. The van der Waals surface area contributed by atoms with E-state index in [1.54, 1.807) is 29.0 Å². The second-order valence-corrected chi connectivity index (χ2v) is 6.96. The first-order valence-corrected chi connectivity index (χ1v) is 8.51. The van der Waals surface area contributed by atoms with Crippen molar-refractivity contribution in [1.29, 1.82) is 0 Å². The van der Waals surface area contributed by atoms with Crippen molar-refractivity contribution in [1.82, 2.24) is 14.9 Å². The summed E-state index contributed by atoms with van der Waals surface area (Å²) < 4.78 is 1.61. The van der Waals surface area contributed by atoms with Crippen LogP contribution in [0.4, 0.5) is 0 Å². The molecule has 7 heteroatoms. The first kappa shape index (κ1) is 14.3. The molecule has 0 saturated carbocycles. The van der Waals surface area contributed by atoms with Crippen LogP contribution in [-0.2, 0) is 17.9 Å². The van der Waals surface area contributed by atoms with Crippen molar-refractivity contribution in [2.24, 2.45) is 5.92 Å². The Morgan fingerprint density at radius 1 is 1.57 bits per heavy atom. The number of amides is 1. The number of nitrogens with one attached hydrogen (secondary N) is 1. The van der Waals surface area contributed by atoms with Gasteiger partial charge >= 0.3 is 0 Å². The van der Waals surface area contributed by atoms with Crippen LogP contribution in [-0.4, -0.2) is 21.2 Å². The monoisotopic (exact) mass is 321 g/mol. The molecule has 0 bridgehead atoms. The van der Waals surface area contributed by atoms with Crippen LogP contribution in [0.15, 0.2) is 33.7 Å². The fourth-order valence-corrected chi connectivity index (χ4v) is 3.88. The average Bonchev–Trinajstić information content (AvgIpc) is 3.02. The van der Waals surface area contributed by atoms with Crippen molar-refractivity contribution in [2.75, 3.05) is 5.75 Å². The number of nitrogens with zero attached hydrogens (tertiary/aromatic N) is 2. The van der Waals surface area contributed by atoms with Crippen LogP contribution in [0.3, 0.4) is 0 Å². The summed E-state index contributed by atoms with van der Waals surface area (Å²) in [7, 11) is 0. The number of hydrogen-bond acceptors (Lipinski definition) is 5. The van der Waals surface area contributed by atoms with Gasteiger partial charge in [-0.25, -0.2) is 4.98 Å². The van der Waals surface area contributed by atoms with Gasteiger partial charge in [0.05, 0.1) is 12.5 Å². The first-order chi connectivity index (χ1) is 10.1. The van der Waals surface area contributed by atoms with E-state index >= 15 is 0 Å². The summed E-state index contributed by atoms with van der Waals surface area (Å²) in [5.41, 5.74) is 0.558. The van der Waals surface area contributed by atoms with E-state index in [0.717, 1.165) is 4.88 Å². The predicted molar refractivity (Wildman–Crippen MR) is 83.6 cm³/mol. The maximum Gasteiger partial charge on any atom is 0.257 e. The second-order valence-electron chi connectivity index (χ2n) is 4.94. The van der Waals surface area contributed by atoms with Crippen molar-refractivity contribution >= 4 is 29.0 Å².